The fourth-order valence-corrected chi connectivity index (χ4v) is 2.80. The molecule has 2 aromatic carbocycles. The highest BCUT2D eigenvalue weighted by Gasteiger charge is 2.14. The van der Waals surface area contributed by atoms with Gasteiger partial charge in [-0.2, -0.15) is 5.26 Å². The lowest BCUT2D eigenvalue weighted by Crippen LogP contribution is -2.13. The predicted octanol–water partition coefficient (Wildman–Crippen LogP) is 2.48. The molecular formula is C16H13N3O3S. The number of hydrogen-bond donors (Lipinski definition) is 2. The van der Waals surface area contributed by atoms with Gasteiger partial charge in [-0.1, -0.05) is 6.58 Å². The van der Waals surface area contributed by atoms with Gasteiger partial charge in [0, 0.05) is 11.4 Å². The molecule has 0 heterocycles. The first-order valence-electron chi connectivity index (χ1n) is 6.51. The number of carbonyl (C=O) groups excluding carboxylic acids is 1. The summed E-state index contributed by atoms with van der Waals surface area (Å²) in [6.45, 7) is 3.33. The van der Waals surface area contributed by atoms with Crippen molar-refractivity contribution in [3.05, 3.63) is 66.7 Å². The van der Waals surface area contributed by atoms with Crippen LogP contribution in [0.15, 0.2) is 66.1 Å². The Morgan fingerprint density at radius 3 is 2.13 bits per heavy atom. The monoisotopic (exact) mass is 327 g/mol. The molecule has 2 rings (SSSR count). The zero-order valence-corrected chi connectivity index (χ0v) is 12.8. The van der Waals surface area contributed by atoms with E-state index >= 15 is 0 Å². The number of nitrogens with zero attached hydrogens (tertiary/aromatic N) is 1. The van der Waals surface area contributed by atoms with Gasteiger partial charge in [-0.05, 0) is 54.6 Å². The molecule has 116 valence electrons. The largest absolute Gasteiger partial charge is 0.323 e. The molecule has 1 amide bonds. The van der Waals surface area contributed by atoms with Crippen molar-refractivity contribution in [2.45, 2.75) is 4.90 Å². The molecule has 0 aliphatic carbocycles. The van der Waals surface area contributed by atoms with Gasteiger partial charge in [-0.25, -0.2) is 8.42 Å². The van der Waals surface area contributed by atoms with Gasteiger partial charge in [0.1, 0.15) is 0 Å². The summed E-state index contributed by atoms with van der Waals surface area (Å²) < 4.78 is 26.9. The molecule has 0 bridgehead atoms. The Bertz CT molecular complexity index is 864. The smallest absolute Gasteiger partial charge is 0.261 e. The second-order valence-electron chi connectivity index (χ2n) is 4.51. The van der Waals surface area contributed by atoms with Crippen molar-refractivity contribution in [2.24, 2.45) is 0 Å². The van der Waals surface area contributed by atoms with Crippen molar-refractivity contribution in [1.82, 2.24) is 0 Å². The summed E-state index contributed by atoms with van der Waals surface area (Å²) in [5, 5.41) is 11.3. The average Bonchev–Trinajstić information content (AvgIpc) is 2.55. The molecule has 0 fully saturated rings. The molecule has 0 aliphatic rings. The number of nitrogens with one attached hydrogen (secondary N) is 2. The van der Waals surface area contributed by atoms with Crippen molar-refractivity contribution in [2.75, 3.05) is 10.0 Å². The van der Waals surface area contributed by atoms with E-state index in [1.165, 1.54) is 48.5 Å². The lowest BCUT2D eigenvalue weighted by Gasteiger charge is -2.09. The van der Waals surface area contributed by atoms with Gasteiger partial charge in [0.2, 0.25) is 5.91 Å². The van der Waals surface area contributed by atoms with Crippen molar-refractivity contribution >= 4 is 27.3 Å². The highest BCUT2D eigenvalue weighted by Crippen LogP contribution is 2.18. The van der Waals surface area contributed by atoms with E-state index in [2.05, 4.69) is 16.6 Å². The van der Waals surface area contributed by atoms with Crippen LogP contribution in [-0.2, 0) is 14.8 Å². The molecule has 2 aromatic rings. The summed E-state index contributed by atoms with van der Waals surface area (Å²) in [6, 6.07) is 13.7. The summed E-state index contributed by atoms with van der Waals surface area (Å²) in [5.74, 6) is -0.378. The van der Waals surface area contributed by atoms with Gasteiger partial charge in [-0.3, -0.25) is 9.52 Å². The summed E-state index contributed by atoms with van der Waals surface area (Å²) in [5.41, 5.74) is 1.26. The van der Waals surface area contributed by atoms with Crippen LogP contribution in [0.5, 0.6) is 0 Å². The van der Waals surface area contributed by atoms with E-state index in [9.17, 15) is 13.2 Å². The van der Waals surface area contributed by atoms with Crippen LogP contribution >= 0.6 is 0 Å². The van der Waals surface area contributed by atoms with Gasteiger partial charge >= 0.3 is 0 Å². The van der Waals surface area contributed by atoms with E-state index in [1.807, 2.05) is 6.07 Å². The van der Waals surface area contributed by atoms with E-state index in [0.717, 1.165) is 6.08 Å². The molecule has 2 N–H and O–H groups in total. The Kier molecular flexibility index (Phi) is 4.79. The van der Waals surface area contributed by atoms with Crippen LogP contribution < -0.4 is 10.0 Å². The van der Waals surface area contributed by atoms with E-state index in [-0.39, 0.29) is 10.8 Å². The second-order valence-corrected chi connectivity index (χ2v) is 6.19. The lowest BCUT2D eigenvalue weighted by molar-refractivity contribution is -0.111. The first-order valence-corrected chi connectivity index (χ1v) is 7.99. The number of hydrogen-bond acceptors (Lipinski definition) is 4. The van der Waals surface area contributed by atoms with Crippen LogP contribution in [0.25, 0.3) is 0 Å². The first kappa shape index (κ1) is 16.3. The van der Waals surface area contributed by atoms with Crippen LogP contribution in [0.3, 0.4) is 0 Å². The molecular weight excluding hydrogens is 314 g/mol. The lowest BCUT2D eigenvalue weighted by atomic mass is 10.2. The topological polar surface area (TPSA) is 99.1 Å². The van der Waals surface area contributed by atoms with Crippen molar-refractivity contribution in [3.63, 3.8) is 0 Å². The van der Waals surface area contributed by atoms with Crippen LogP contribution in [0.4, 0.5) is 11.4 Å². The Morgan fingerprint density at radius 1 is 1.04 bits per heavy atom. The third-order valence-electron chi connectivity index (χ3n) is 2.88. The molecule has 23 heavy (non-hydrogen) atoms. The van der Waals surface area contributed by atoms with Crippen LogP contribution in [-0.4, -0.2) is 14.3 Å². The number of sulfonamides is 1. The minimum Gasteiger partial charge on any atom is -0.323 e. The van der Waals surface area contributed by atoms with Gasteiger partial charge in [0.15, 0.2) is 0 Å². The Hall–Kier alpha value is -3.11. The summed E-state index contributed by atoms with van der Waals surface area (Å²) in [7, 11) is -3.75. The molecule has 7 heteroatoms. The first-order chi connectivity index (χ1) is 10.9. The second kappa shape index (κ2) is 6.77. The zero-order valence-electron chi connectivity index (χ0n) is 12.0. The maximum Gasteiger partial charge on any atom is 0.261 e. The zero-order chi connectivity index (χ0) is 16.9. The molecule has 0 saturated heterocycles. The number of carbonyl (C=O) groups is 1. The third-order valence-corrected chi connectivity index (χ3v) is 4.28. The molecule has 0 spiro atoms. The predicted molar refractivity (Wildman–Crippen MR) is 87.2 cm³/mol. The number of rotatable bonds is 5. The normalized spacial score (nSPS) is 10.4. The Balaban J connectivity index is 2.17. The van der Waals surface area contributed by atoms with Gasteiger partial charge in [-0.15, -0.1) is 0 Å². The minimum atomic E-state index is -3.75. The van der Waals surface area contributed by atoms with Crippen molar-refractivity contribution < 1.29 is 13.2 Å². The Labute approximate surface area is 134 Å². The molecule has 0 radical (unpaired) electrons. The van der Waals surface area contributed by atoms with Gasteiger partial charge in [0.25, 0.3) is 10.0 Å². The van der Waals surface area contributed by atoms with E-state index in [0.29, 0.717) is 16.9 Å². The number of nitriles is 1. The standard InChI is InChI=1S/C16H13N3O3S/c1-2-16(20)18-13-7-9-15(10-8-13)23(21,22)19-14-5-3-12(11-17)4-6-14/h2-10,19H,1H2,(H,18,20). The van der Waals surface area contributed by atoms with Crippen LogP contribution in [0.1, 0.15) is 5.56 Å². The maximum absolute atomic E-state index is 12.3. The van der Waals surface area contributed by atoms with Crippen molar-refractivity contribution in [1.29, 1.82) is 5.26 Å². The fourth-order valence-electron chi connectivity index (χ4n) is 1.74. The molecule has 0 aromatic heterocycles. The van der Waals surface area contributed by atoms with E-state index in [1.54, 1.807) is 0 Å². The van der Waals surface area contributed by atoms with Crippen LogP contribution in [0, 0.1) is 11.3 Å². The number of anilines is 2. The fraction of sp³-hybridized carbons (Fsp3) is 0. The Morgan fingerprint density at radius 2 is 1.61 bits per heavy atom. The summed E-state index contributed by atoms with van der Waals surface area (Å²) in [6.07, 6.45) is 1.12. The highest BCUT2D eigenvalue weighted by molar-refractivity contribution is 7.92. The van der Waals surface area contributed by atoms with E-state index < -0.39 is 10.0 Å². The van der Waals surface area contributed by atoms with E-state index in [4.69, 9.17) is 5.26 Å². The maximum atomic E-state index is 12.3. The highest BCUT2D eigenvalue weighted by atomic mass is 32.2. The third kappa shape index (κ3) is 4.18. The SMILES string of the molecule is C=CC(=O)Nc1ccc(S(=O)(=O)Nc2ccc(C#N)cc2)cc1. The molecule has 0 unspecified atom stereocenters. The number of benzene rings is 2. The number of amides is 1. The molecule has 0 atom stereocenters. The summed E-state index contributed by atoms with van der Waals surface area (Å²) in [4.78, 5) is 11.2. The van der Waals surface area contributed by atoms with Crippen molar-refractivity contribution in [3.8, 4) is 6.07 Å². The average molecular weight is 327 g/mol. The van der Waals surface area contributed by atoms with Crippen LogP contribution in [0.2, 0.25) is 0 Å². The minimum absolute atomic E-state index is 0.0541. The molecule has 6 nitrogen and oxygen atoms in total. The molecule has 0 aliphatic heterocycles. The summed E-state index contributed by atoms with van der Waals surface area (Å²) >= 11 is 0. The van der Waals surface area contributed by atoms with Gasteiger partial charge < -0.3 is 5.32 Å². The van der Waals surface area contributed by atoms with Gasteiger partial charge in [0.05, 0.1) is 16.5 Å². The molecule has 0 saturated carbocycles. The quantitative estimate of drug-likeness (QED) is 0.824.